The van der Waals surface area contributed by atoms with Gasteiger partial charge in [-0.1, -0.05) is 27.5 Å². The van der Waals surface area contributed by atoms with E-state index in [9.17, 15) is 13.6 Å². The van der Waals surface area contributed by atoms with Gasteiger partial charge in [-0.15, -0.1) is 0 Å². The number of aromatic nitrogens is 1. The highest BCUT2D eigenvalue weighted by Crippen LogP contribution is 2.31. The van der Waals surface area contributed by atoms with Crippen LogP contribution in [0.25, 0.3) is 0 Å². The molecule has 17 heavy (non-hydrogen) atoms. The molecule has 1 aromatic rings. The molecule has 0 spiro atoms. The van der Waals surface area contributed by atoms with Crippen LogP contribution in [0.5, 0.6) is 0 Å². The van der Waals surface area contributed by atoms with Gasteiger partial charge in [0.25, 0.3) is 6.43 Å². The maximum Gasteiger partial charge on any atom is 0.310 e. The second kappa shape index (κ2) is 6.26. The summed E-state index contributed by atoms with van der Waals surface area (Å²) in [4.78, 5) is 15.0. The average Bonchev–Trinajstić information content (AvgIpc) is 2.30. The van der Waals surface area contributed by atoms with E-state index < -0.39 is 12.4 Å². The molecule has 7 heteroatoms. The average molecular weight is 329 g/mol. The third kappa shape index (κ3) is 3.35. The summed E-state index contributed by atoms with van der Waals surface area (Å²) in [5.74, 6) is -0.625. The highest BCUT2D eigenvalue weighted by Gasteiger charge is 2.23. The van der Waals surface area contributed by atoms with Crippen LogP contribution in [0, 0.1) is 0 Å². The smallest absolute Gasteiger partial charge is 0.310 e. The lowest BCUT2D eigenvalue weighted by molar-refractivity contribution is -0.139. The molecule has 0 atom stereocenters. The summed E-state index contributed by atoms with van der Waals surface area (Å²) in [6.07, 6.45) is -1.78. The molecule has 0 aromatic carbocycles. The predicted octanol–water partition coefficient (Wildman–Crippen LogP) is 3.28. The molecule has 0 radical (unpaired) electrons. The van der Waals surface area contributed by atoms with Crippen LogP contribution in [0.1, 0.15) is 23.2 Å². The number of rotatable bonds is 4. The maximum atomic E-state index is 12.9. The van der Waals surface area contributed by atoms with Gasteiger partial charge >= 0.3 is 5.97 Å². The van der Waals surface area contributed by atoms with Crippen LogP contribution < -0.4 is 0 Å². The first-order valence-corrected chi connectivity index (χ1v) is 6.08. The van der Waals surface area contributed by atoms with E-state index in [0.29, 0.717) is 0 Å². The first-order valence-electron chi connectivity index (χ1n) is 4.58. The van der Waals surface area contributed by atoms with Crippen molar-refractivity contribution in [1.82, 2.24) is 4.98 Å². The van der Waals surface area contributed by atoms with Gasteiger partial charge < -0.3 is 4.74 Å². The number of esters is 1. The van der Waals surface area contributed by atoms with E-state index >= 15 is 0 Å². The van der Waals surface area contributed by atoms with Gasteiger partial charge in [-0.3, -0.25) is 9.78 Å². The van der Waals surface area contributed by atoms with Crippen molar-refractivity contribution in [3.05, 3.63) is 28.0 Å². The standard InChI is InChI=1S/C10H9BrClF2NO2/c1-17-8(16)2-5-6(12)4-15-7(3-11)9(5)10(13)14/h4,10H,2-3H2,1H3. The maximum absolute atomic E-state index is 12.9. The van der Waals surface area contributed by atoms with Gasteiger partial charge in [-0.05, 0) is 5.56 Å². The van der Waals surface area contributed by atoms with Crippen molar-refractivity contribution in [3.8, 4) is 0 Å². The molecule has 0 fully saturated rings. The monoisotopic (exact) mass is 327 g/mol. The number of hydrogen-bond acceptors (Lipinski definition) is 3. The van der Waals surface area contributed by atoms with Gasteiger partial charge in [0.1, 0.15) is 0 Å². The van der Waals surface area contributed by atoms with Gasteiger partial charge in [0.05, 0.1) is 24.2 Å². The lowest BCUT2D eigenvalue weighted by Crippen LogP contribution is -2.10. The van der Waals surface area contributed by atoms with Crippen molar-refractivity contribution >= 4 is 33.5 Å². The fraction of sp³-hybridized carbons (Fsp3) is 0.400. The van der Waals surface area contributed by atoms with Crippen molar-refractivity contribution in [2.75, 3.05) is 7.11 Å². The summed E-state index contributed by atoms with van der Waals surface area (Å²) in [6, 6.07) is 0. The van der Waals surface area contributed by atoms with Gasteiger partial charge in [-0.2, -0.15) is 0 Å². The van der Waals surface area contributed by atoms with Gasteiger partial charge in [0.15, 0.2) is 0 Å². The molecular formula is C10H9BrClF2NO2. The Morgan fingerprint density at radius 3 is 2.76 bits per heavy atom. The minimum Gasteiger partial charge on any atom is -0.469 e. The highest BCUT2D eigenvalue weighted by atomic mass is 79.9. The van der Waals surface area contributed by atoms with Crippen LogP contribution in [-0.4, -0.2) is 18.1 Å². The lowest BCUT2D eigenvalue weighted by Gasteiger charge is -2.13. The third-order valence-corrected chi connectivity index (χ3v) is 3.01. The van der Waals surface area contributed by atoms with Gasteiger partial charge in [0.2, 0.25) is 0 Å². The van der Waals surface area contributed by atoms with Crippen molar-refractivity contribution in [2.45, 2.75) is 18.2 Å². The molecule has 1 heterocycles. The van der Waals surface area contributed by atoms with Crippen molar-refractivity contribution in [3.63, 3.8) is 0 Å². The van der Waals surface area contributed by atoms with Crippen molar-refractivity contribution in [1.29, 1.82) is 0 Å². The zero-order valence-corrected chi connectivity index (χ0v) is 11.2. The van der Waals surface area contributed by atoms with Gasteiger partial charge in [0, 0.05) is 17.1 Å². The summed E-state index contributed by atoms with van der Waals surface area (Å²) >= 11 is 8.85. The third-order valence-electron chi connectivity index (χ3n) is 2.15. The Morgan fingerprint density at radius 1 is 1.65 bits per heavy atom. The molecule has 1 rings (SSSR count). The Labute approximate surface area is 110 Å². The summed E-state index contributed by atoms with van der Waals surface area (Å²) in [5, 5.41) is 0.202. The Bertz CT molecular complexity index is 429. The predicted molar refractivity (Wildman–Crippen MR) is 62.6 cm³/mol. The van der Waals surface area contributed by atoms with E-state index in [1.54, 1.807) is 0 Å². The van der Waals surface area contributed by atoms with Crippen molar-refractivity contribution in [2.24, 2.45) is 0 Å². The van der Waals surface area contributed by atoms with Crippen LogP contribution in [0.4, 0.5) is 8.78 Å². The number of ether oxygens (including phenoxy) is 1. The normalized spacial score (nSPS) is 10.7. The lowest BCUT2D eigenvalue weighted by atomic mass is 10.0. The molecule has 0 unspecified atom stereocenters. The van der Waals surface area contributed by atoms with Crippen LogP contribution in [0.15, 0.2) is 6.20 Å². The zero-order valence-electron chi connectivity index (χ0n) is 8.84. The first kappa shape index (κ1) is 14.3. The zero-order chi connectivity index (χ0) is 13.0. The Hall–Kier alpha value is -0.750. The largest absolute Gasteiger partial charge is 0.469 e. The summed E-state index contributed by atoms with van der Waals surface area (Å²) in [7, 11) is 1.19. The minimum atomic E-state index is -2.74. The summed E-state index contributed by atoms with van der Waals surface area (Å²) in [6.45, 7) is 0. The van der Waals surface area contributed by atoms with E-state index in [-0.39, 0.29) is 33.6 Å². The molecule has 0 saturated carbocycles. The number of nitrogens with zero attached hydrogens (tertiary/aromatic N) is 1. The molecule has 0 aliphatic carbocycles. The number of alkyl halides is 3. The van der Waals surface area contributed by atoms with Crippen LogP contribution >= 0.6 is 27.5 Å². The van der Waals surface area contributed by atoms with E-state index in [0.717, 1.165) is 0 Å². The minimum absolute atomic E-state index is 0.0374. The fourth-order valence-electron chi connectivity index (χ4n) is 1.35. The molecular weight excluding hydrogens is 319 g/mol. The first-order chi connectivity index (χ1) is 8.01. The summed E-state index contributed by atoms with van der Waals surface area (Å²) < 4.78 is 30.3. The number of hydrogen-bond donors (Lipinski definition) is 0. The van der Waals surface area contributed by atoms with Gasteiger partial charge in [-0.25, -0.2) is 8.78 Å². The molecule has 0 bridgehead atoms. The summed E-state index contributed by atoms with van der Waals surface area (Å²) in [5.41, 5.74) is -0.0685. The fourth-order valence-corrected chi connectivity index (χ4v) is 2.01. The molecule has 0 aliphatic rings. The Kier molecular flexibility index (Phi) is 5.27. The van der Waals surface area contributed by atoms with E-state index in [1.807, 2.05) is 0 Å². The van der Waals surface area contributed by atoms with E-state index in [1.165, 1.54) is 13.3 Å². The van der Waals surface area contributed by atoms with E-state index in [2.05, 4.69) is 25.7 Å². The molecule has 0 N–H and O–H groups in total. The Balaban J connectivity index is 3.28. The van der Waals surface area contributed by atoms with Crippen LogP contribution in [0.3, 0.4) is 0 Å². The number of pyridine rings is 1. The van der Waals surface area contributed by atoms with Crippen LogP contribution in [-0.2, 0) is 21.3 Å². The highest BCUT2D eigenvalue weighted by molar-refractivity contribution is 9.08. The number of halogens is 4. The molecule has 94 valence electrons. The second-order valence-electron chi connectivity index (χ2n) is 3.13. The molecule has 0 aliphatic heterocycles. The number of methoxy groups -OCH3 is 1. The second-order valence-corrected chi connectivity index (χ2v) is 4.10. The van der Waals surface area contributed by atoms with Crippen molar-refractivity contribution < 1.29 is 18.3 Å². The van der Waals surface area contributed by atoms with Crippen LogP contribution in [0.2, 0.25) is 5.02 Å². The molecule has 1 aromatic heterocycles. The Morgan fingerprint density at radius 2 is 2.29 bits per heavy atom. The SMILES string of the molecule is COC(=O)Cc1c(Cl)cnc(CBr)c1C(F)F. The molecule has 3 nitrogen and oxygen atoms in total. The molecule has 0 amide bonds. The molecule has 0 saturated heterocycles. The van der Waals surface area contributed by atoms with E-state index in [4.69, 9.17) is 11.6 Å². The number of carbonyl (C=O) groups is 1. The quantitative estimate of drug-likeness (QED) is 0.629. The number of carbonyl (C=O) groups excluding carboxylic acids is 1. The topological polar surface area (TPSA) is 39.2 Å².